The van der Waals surface area contributed by atoms with Gasteiger partial charge in [-0.1, -0.05) is 18.2 Å². The molecule has 2 fully saturated rings. The highest BCUT2D eigenvalue weighted by atomic mass is 32.1. The molecule has 6 heteroatoms. The number of aliphatic hydroxyl groups excluding tert-OH is 1. The van der Waals surface area contributed by atoms with Crippen molar-refractivity contribution < 1.29 is 9.50 Å². The summed E-state index contributed by atoms with van der Waals surface area (Å²) in [7, 11) is 0. The monoisotopic (exact) mass is 389 g/mol. The predicted octanol–water partition coefficient (Wildman–Crippen LogP) is 3.70. The normalized spacial score (nSPS) is 23.9. The largest absolute Gasteiger partial charge is 0.396 e. The Bertz CT molecular complexity index is 761. The summed E-state index contributed by atoms with van der Waals surface area (Å²) in [6, 6.07) is 6.95. The van der Waals surface area contributed by atoms with Crippen LogP contribution >= 0.6 is 11.3 Å². The molecule has 0 spiro atoms. The molecular formula is C21H28FN3OS. The van der Waals surface area contributed by atoms with Gasteiger partial charge in [0.25, 0.3) is 0 Å². The molecule has 1 N–H and O–H groups in total. The molecule has 2 aliphatic heterocycles. The number of piperidine rings is 1. The van der Waals surface area contributed by atoms with Crippen LogP contribution in [0.1, 0.15) is 36.1 Å². The number of thiazole rings is 1. The van der Waals surface area contributed by atoms with E-state index in [0.717, 1.165) is 50.7 Å². The Labute approximate surface area is 164 Å². The molecule has 146 valence electrons. The lowest BCUT2D eigenvalue weighted by Crippen LogP contribution is -2.46. The van der Waals surface area contributed by atoms with Gasteiger partial charge in [0.05, 0.1) is 6.61 Å². The highest BCUT2D eigenvalue weighted by Crippen LogP contribution is 2.35. The molecule has 4 rings (SSSR count). The van der Waals surface area contributed by atoms with Gasteiger partial charge in [0.2, 0.25) is 0 Å². The van der Waals surface area contributed by atoms with Gasteiger partial charge in [-0.25, -0.2) is 9.37 Å². The molecule has 2 aliphatic rings. The molecule has 0 amide bonds. The van der Waals surface area contributed by atoms with Crippen LogP contribution in [-0.4, -0.2) is 47.8 Å². The summed E-state index contributed by atoms with van der Waals surface area (Å²) in [6.45, 7) is 5.02. The fourth-order valence-corrected chi connectivity index (χ4v) is 5.47. The van der Waals surface area contributed by atoms with Gasteiger partial charge in [0.15, 0.2) is 5.13 Å². The molecule has 1 unspecified atom stereocenters. The Kier molecular flexibility index (Phi) is 5.76. The molecule has 0 aliphatic carbocycles. The van der Waals surface area contributed by atoms with Gasteiger partial charge in [0, 0.05) is 42.7 Å². The molecule has 2 aromatic rings. The number of likely N-dealkylation sites (tertiary alicyclic amines) is 1. The van der Waals surface area contributed by atoms with Crippen LogP contribution < -0.4 is 4.90 Å². The zero-order valence-corrected chi connectivity index (χ0v) is 16.6. The molecule has 0 bridgehead atoms. The minimum Gasteiger partial charge on any atom is -0.396 e. The standard InChI is InChI=1S/C21H28FN3OS/c22-19-7-2-1-6-17(19)12-21(16-26)8-5-9-24(15-21)14-18-13-23-20(27-18)25-10-3-4-11-25/h1-2,6-7,13,26H,3-5,8-12,14-16H2. The molecule has 27 heavy (non-hydrogen) atoms. The van der Waals surface area contributed by atoms with Gasteiger partial charge < -0.3 is 10.0 Å². The molecule has 4 nitrogen and oxygen atoms in total. The predicted molar refractivity (Wildman–Crippen MR) is 108 cm³/mol. The Balaban J connectivity index is 1.43. The number of hydrogen-bond donors (Lipinski definition) is 1. The van der Waals surface area contributed by atoms with Crippen molar-refractivity contribution in [3.8, 4) is 0 Å². The summed E-state index contributed by atoms with van der Waals surface area (Å²) < 4.78 is 14.1. The number of rotatable bonds is 6. The van der Waals surface area contributed by atoms with Crippen LogP contribution in [0.4, 0.5) is 9.52 Å². The van der Waals surface area contributed by atoms with E-state index in [4.69, 9.17) is 0 Å². The van der Waals surface area contributed by atoms with Gasteiger partial charge in [-0.05, 0) is 50.3 Å². The summed E-state index contributed by atoms with van der Waals surface area (Å²) in [4.78, 5) is 10.7. The third kappa shape index (κ3) is 4.33. The number of aliphatic hydroxyl groups is 1. The Morgan fingerprint density at radius 2 is 1.96 bits per heavy atom. The van der Waals surface area contributed by atoms with Gasteiger partial charge in [-0.2, -0.15) is 0 Å². The minimum atomic E-state index is -0.261. The third-order valence-corrected chi connectivity index (χ3v) is 6.94. The molecule has 1 aromatic heterocycles. The van der Waals surface area contributed by atoms with Gasteiger partial charge >= 0.3 is 0 Å². The van der Waals surface area contributed by atoms with Crippen LogP contribution in [-0.2, 0) is 13.0 Å². The van der Waals surface area contributed by atoms with Crippen molar-refractivity contribution in [2.45, 2.75) is 38.6 Å². The van der Waals surface area contributed by atoms with E-state index in [1.54, 1.807) is 17.4 Å². The lowest BCUT2D eigenvalue weighted by molar-refractivity contribution is 0.0287. The third-order valence-electron chi connectivity index (χ3n) is 5.90. The van der Waals surface area contributed by atoms with Gasteiger partial charge in [-0.3, -0.25) is 4.90 Å². The molecular weight excluding hydrogens is 361 g/mol. The van der Waals surface area contributed by atoms with E-state index in [0.29, 0.717) is 12.0 Å². The van der Waals surface area contributed by atoms with Crippen LogP contribution in [0, 0.1) is 11.2 Å². The average molecular weight is 390 g/mol. The van der Waals surface area contributed by atoms with Crippen molar-refractivity contribution in [1.29, 1.82) is 0 Å². The zero-order chi connectivity index (χ0) is 18.7. The second kappa shape index (κ2) is 8.25. The number of anilines is 1. The number of hydrogen-bond acceptors (Lipinski definition) is 5. The van der Waals surface area contributed by atoms with E-state index in [1.807, 2.05) is 18.3 Å². The number of halogens is 1. The summed E-state index contributed by atoms with van der Waals surface area (Å²) in [5, 5.41) is 11.3. The molecule has 3 heterocycles. The zero-order valence-electron chi connectivity index (χ0n) is 15.7. The lowest BCUT2D eigenvalue weighted by atomic mass is 9.75. The van der Waals surface area contributed by atoms with Gasteiger partial charge in [-0.15, -0.1) is 11.3 Å². The highest BCUT2D eigenvalue weighted by Gasteiger charge is 2.36. The summed E-state index contributed by atoms with van der Waals surface area (Å²) in [6.07, 6.45) is 7.09. The van der Waals surface area contributed by atoms with E-state index in [2.05, 4.69) is 14.8 Å². The first-order valence-corrected chi connectivity index (χ1v) is 10.8. The Morgan fingerprint density at radius 3 is 2.74 bits per heavy atom. The van der Waals surface area contributed by atoms with E-state index in [-0.39, 0.29) is 17.8 Å². The van der Waals surface area contributed by atoms with E-state index in [9.17, 15) is 9.50 Å². The smallest absolute Gasteiger partial charge is 0.185 e. The van der Waals surface area contributed by atoms with Crippen LogP contribution in [0.15, 0.2) is 30.5 Å². The second-order valence-electron chi connectivity index (χ2n) is 8.04. The van der Waals surface area contributed by atoms with E-state index in [1.165, 1.54) is 23.8 Å². The molecule has 2 saturated heterocycles. The van der Waals surface area contributed by atoms with Crippen LogP contribution in [0.3, 0.4) is 0 Å². The lowest BCUT2D eigenvalue weighted by Gasteiger charge is -2.42. The second-order valence-corrected chi connectivity index (χ2v) is 9.14. The summed E-state index contributed by atoms with van der Waals surface area (Å²) in [5.74, 6) is -0.167. The topological polar surface area (TPSA) is 39.6 Å². The SMILES string of the molecule is OCC1(Cc2ccccc2F)CCCN(Cc2cnc(N3CCCC3)s2)C1. The summed E-state index contributed by atoms with van der Waals surface area (Å²) in [5.41, 5.74) is 0.450. The molecule has 1 aromatic carbocycles. The quantitative estimate of drug-likeness (QED) is 0.818. The fourth-order valence-electron chi connectivity index (χ4n) is 4.47. The molecule has 0 radical (unpaired) electrons. The van der Waals surface area contributed by atoms with Crippen molar-refractivity contribution in [1.82, 2.24) is 9.88 Å². The van der Waals surface area contributed by atoms with Crippen molar-refractivity contribution in [3.05, 3.63) is 46.7 Å². The number of aromatic nitrogens is 1. The van der Waals surface area contributed by atoms with Crippen molar-refractivity contribution >= 4 is 16.5 Å². The van der Waals surface area contributed by atoms with Crippen molar-refractivity contribution in [3.63, 3.8) is 0 Å². The van der Waals surface area contributed by atoms with Crippen molar-refractivity contribution in [2.75, 3.05) is 37.7 Å². The maximum absolute atomic E-state index is 14.1. The van der Waals surface area contributed by atoms with E-state index >= 15 is 0 Å². The van der Waals surface area contributed by atoms with E-state index < -0.39 is 0 Å². The first kappa shape index (κ1) is 18.8. The minimum absolute atomic E-state index is 0.0968. The average Bonchev–Trinajstić information content (AvgIpc) is 3.36. The van der Waals surface area contributed by atoms with Crippen LogP contribution in [0.2, 0.25) is 0 Å². The maximum atomic E-state index is 14.1. The first-order chi connectivity index (χ1) is 13.2. The van der Waals surface area contributed by atoms with Crippen LogP contribution in [0.5, 0.6) is 0 Å². The Hall–Kier alpha value is -1.50. The molecule has 0 saturated carbocycles. The highest BCUT2D eigenvalue weighted by molar-refractivity contribution is 7.15. The summed E-state index contributed by atoms with van der Waals surface area (Å²) >= 11 is 1.79. The van der Waals surface area contributed by atoms with Crippen LogP contribution in [0.25, 0.3) is 0 Å². The van der Waals surface area contributed by atoms with Crippen molar-refractivity contribution in [2.24, 2.45) is 5.41 Å². The Morgan fingerprint density at radius 1 is 1.15 bits per heavy atom. The molecule has 1 atom stereocenters. The fraction of sp³-hybridized carbons (Fsp3) is 0.571. The van der Waals surface area contributed by atoms with Gasteiger partial charge in [0.1, 0.15) is 5.82 Å². The first-order valence-electron chi connectivity index (χ1n) is 9.94. The number of benzene rings is 1. The number of nitrogens with zero attached hydrogens (tertiary/aromatic N) is 3. The maximum Gasteiger partial charge on any atom is 0.185 e.